The minimum absolute atomic E-state index is 0.442. The second-order valence-electron chi connectivity index (χ2n) is 5.04. The maximum absolute atomic E-state index is 6.09. The summed E-state index contributed by atoms with van der Waals surface area (Å²) in [5, 5.41) is 3.01. The van der Waals surface area contributed by atoms with Gasteiger partial charge in [0.1, 0.15) is 17.6 Å². The van der Waals surface area contributed by atoms with Crippen LogP contribution >= 0.6 is 0 Å². The number of nitrogens with zero attached hydrogens (tertiary/aromatic N) is 4. The number of benzene rings is 1. The summed E-state index contributed by atoms with van der Waals surface area (Å²) in [5.41, 5.74) is 8.65. The Morgan fingerprint density at radius 1 is 1.24 bits per heavy atom. The van der Waals surface area contributed by atoms with Crippen molar-refractivity contribution in [3.05, 3.63) is 30.1 Å². The Kier molecular flexibility index (Phi) is 3.39. The zero-order valence-corrected chi connectivity index (χ0v) is 12.5. The van der Waals surface area contributed by atoms with Crippen molar-refractivity contribution in [1.82, 2.24) is 14.6 Å². The quantitative estimate of drug-likeness (QED) is 0.793. The Labute approximate surface area is 123 Å². The fraction of sp³-hybridized carbons (Fsp3) is 0.333. The summed E-state index contributed by atoms with van der Waals surface area (Å²) < 4.78 is 7.55. The summed E-state index contributed by atoms with van der Waals surface area (Å²) in [5.74, 6) is 1.27. The predicted molar refractivity (Wildman–Crippen MR) is 84.8 cm³/mol. The monoisotopic (exact) mass is 285 g/mol. The molecule has 21 heavy (non-hydrogen) atoms. The van der Waals surface area contributed by atoms with Gasteiger partial charge in [0.2, 0.25) is 0 Å². The third kappa shape index (κ3) is 2.17. The minimum Gasteiger partial charge on any atom is -0.382 e. The molecule has 6 heteroatoms. The summed E-state index contributed by atoms with van der Waals surface area (Å²) in [6, 6.07) is 7.95. The van der Waals surface area contributed by atoms with Gasteiger partial charge in [-0.25, -0.2) is 14.6 Å². The van der Waals surface area contributed by atoms with E-state index in [9.17, 15) is 0 Å². The van der Waals surface area contributed by atoms with Crippen molar-refractivity contribution in [2.24, 2.45) is 0 Å². The molecule has 6 nitrogen and oxygen atoms in total. The summed E-state index contributed by atoms with van der Waals surface area (Å²) in [6.45, 7) is 3.05. The number of hydrogen-bond acceptors (Lipinski definition) is 5. The highest BCUT2D eigenvalue weighted by Gasteiger charge is 2.18. The Morgan fingerprint density at radius 3 is 2.71 bits per heavy atom. The number of hydrogen-bond donors (Lipinski definition) is 1. The smallest absolute Gasteiger partial charge is 0.154 e. The van der Waals surface area contributed by atoms with Crippen LogP contribution in [0.25, 0.3) is 21.9 Å². The fourth-order valence-electron chi connectivity index (χ4n) is 2.55. The van der Waals surface area contributed by atoms with Gasteiger partial charge in [0.15, 0.2) is 11.6 Å². The SMILES string of the molecule is CCOCc1nc2c(N)nc3ccccc3c2n1N(C)C. The van der Waals surface area contributed by atoms with Crippen molar-refractivity contribution < 1.29 is 4.74 Å². The number of nitrogens with two attached hydrogens (primary N) is 1. The molecule has 0 aliphatic rings. The molecule has 2 aromatic heterocycles. The van der Waals surface area contributed by atoms with Gasteiger partial charge in [-0.05, 0) is 13.0 Å². The van der Waals surface area contributed by atoms with Gasteiger partial charge in [-0.15, -0.1) is 0 Å². The van der Waals surface area contributed by atoms with E-state index in [-0.39, 0.29) is 0 Å². The number of rotatable bonds is 4. The molecule has 0 saturated carbocycles. The summed E-state index contributed by atoms with van der Waals surface area (Å²) in [4.78, 5) is 9.07. The highest BCUT2D eigenvalue weighted by Crippen LogP contribution is 2.28. The Balaban J connectivity index is 2.38. The van der Waals surface area contributed by atoms with Crippen molar-refractivity contribution in [2.45, 2.75) is 13.5 Å². The number of ether oxygens (including phenoxy) is 1. The van der Waals surface area contributed by atoms with Gasteiger partial charge in [0.05, 0.1) is 5.52 Å². The van der Waals surface area contributed by atoms with E-state index in [1.165, 1.54) is 0 Å². The van der Waals surface area contributed by atoms with Crippen LogP contribution in [0.3, 0.4) is 0 Å². The van der Waals surface area contributed by atoms with E-state index in [2.05, 4.69) is 9.97 Å². The maximum Gasteiger partial charge on any atom is 0.154 e. The van der Waals surface area contributed by atoms with E-state index in [0.29, 0.717) is 19.0 Å². The average Bonchev–Trinajstić information content (AvgIpc) is 2.85. The van der Waals surface area contributed by atoms with Crippen LogP contribution in [-0.2, 0) is 11.3 Å². The molecular formula is C15H19N5O. The van der Waals surface area contributed by atoms with Gasteiger partial charge in [0, 0.05) is 26.1 Å². The first-order chi connectivity index (χ1) is 10.1. The number of imidazole rings is 1. The lowest BCUT2D eigenvalue weighted by molar-refractivity contribution is 0.126. The predicted octanol–water partition coefficient (Wildman–Crippen LogP) is 1.90. The maximum atomic E-state index is 6.09. The number of anilines is 1. The molecular weight excluding hydrogens is 266 g/mol. The zero-order valence-electron chi connectivity index (χ0n) is 12.5. The molecule has 0 aliphatic heterocycles. The van der Waals surface area contributed by atoms with Crippen LogP contribution < -0.4 is 10.7 Å². The first-order valence-electron chi connectivity index (χ1n) is 6.94. The third-order valence-electron chi connectivity index (χ3n) is 3.40. The summed E-state index contributed by atoms with van der Waals surface area (Å²) in [6.07, 6.45) is 0. The lowest BCUT2D eigenvalue weighted by Crippen LogP contribution is -2.27. The molecule has 0 bridgehead atoms. The highest BCUT2D eigenvalue weighted by molar-refractivity contribution is 6.06. The second-order valence-corrected chi connectivity index (χ2v) is 5.04. The molecule has 0 fully saturated rings. The van der Waals surface area contributed by atoms with Crippen LogP contribution in [0.2, 0.25) is 0 Å². The third-order valence-corrected chi connectivity index (χ3v) is 3.40. The lowest BCUT2D eigenvalue weighted by Gasteiger charge is -2.19. The first-order valence-corrected chi connectivity index (χ1v) is 6.94. The Bertz CT molecular complexity index is 793. The van der Waals surface area contributed by atoms with E-state index in [0.717, 1.165) is 27.8 Å². The molecule has 0 radical (unpaired) electrons. The van der Waals surface area contributed by atoms with E-state index in [1.54, 1.807) is 0 Å². The van der Waals surface area contributed by atoms with Gasteiger partial charge in [-0.1, -0.05) is 18.2 Å². The second kappa shape index (κ2) is 5.21. The van der Waals surface area contributed by atoms with Gasteiger partial charge >= 0.3 is 0 Å². The molecule has 110 valence electrons. The molecule has 0 unspecified atom stereocenters. The van der Waals surface area contributed by atoms with E-state index in [1.807, 2.05) is 55.0 Å². The van der Waals surface area contributed by atoms with Crippen LogP contribution in [0.15, 0.2) is 24.3 Å². The first kappa shape index (κ1) is 13.6. The molecule has 0 amide bonds. The number of para-hydroxylation sites is 1. The van der Waals surface area contributed by atoms with E-state index >= 15 is 0 Å². The molecule has 2 heterocycles. The van der Waals surface area contributed by atoms with Crippen LogP contribution in [0, 0.1) is 0 Å². The topological polar surface area (TPSA) is 69.2 Å². The molecule has 0 aliphatic carbocycles. The van der Waals surface area contributed by atoms with Crippen molar-refractivity contribution in [1.29, 1.82) is 0 Å². The number of aromatic nitrogens is 3. The van der Waals surface area contributed by atoms with Crippen molar-refractivity contribution in [2.75, 3.05) is 31.4 Å². The number of nitrogen functional groups attached to an aromatic ring is 1. The zero-order chi connectivity index (χ0) is 15.0. The fourth-order valence-corrected chi connectivity index (χ4v) is 2.55. The molecule has 1 aromatic carbocycles. The van der Waals surface area contributed by atoms with Crippen LogP contribution in [0.5, 0.6) is 0 Å². The van der Waals surface area contributed by atoms with Crippen molar-refractivity contribution in [3.8, 4) is 0 Å². The molecule has 0 saturated heterocycles. The minimum atomic E-state index is 0.442. The van der Waals surface area contributed by atoms with Gasteiger partial charge < -0.3 is 15.5 Å². The molecule has 3 aromatic rings. The number of pyridine rings is 1. The molecule has 2 N–H and O–H groups in total. The normalized spacial score (nSPS) is 11.4. The average molecular weight is 285 g/mol. The highest BCUT2D eigenvalue weighted by atomic mass is 16.5. The van der Waals surface area contributed by atoms with E-state index < -0.39 is 0 Å². The van der Waals surface area contributed by atoms with Gasteiger partial charge in [-0.2, -0.15) is 0 Å². The Morgan fingerprint density at radius 2 is 2.00 bits per heavy atom. The van der Waals surface area contributed by atoms with E-state index in [4.69, 9.17) is 10.5 Å². The van der Waals surface area contributed by atoms with Crippen molar-refractivity contribution in [3.63, 3.8) is 0 Å². The van der Waals surface area contributed by atoms with Crippen molar-refractivity contribution >= 4 is 27.8 Å². The standard InChI is InChI=1S/C15H19N5O/c1-4-21-9-12-18-13-14(20(12)19(2)3)10-7-5-6-8-11(10)17-15(13)16/h5-8H,4,9H2,1-3H3,(H2,16,17). The van der Waals surface area contributed by atoms with Gasteiger partial charge in [-0.3, -0.25) is 0 Å². The molecule has 0 spiro atoms. The molecule has 3 rings (SSSR count). The van der Waals surface area contributed by atoms with Crippen LogP contribution in [0.1, 0.15) is 12.7 Å². The molecule has 0 atom stereocenters. The summed E-state index contributed by atoms with van der Waals surface area (Å²) in [7, 11) is 3.95. The van der Waals surface area contributed by atoms with Crippen LogP contribution in [-0.4, -0.2) is 35.3 Å². The summed E-state index contributed by atoms with van der Waals surface area (Å²) >= 11 is 0. The largest absolute Gasteiger partial charge is 0.382 e. The number of fused-ring (bicyclic) bond motifs is 3. The van der Waals surface area contributed by atoms with Gasteiger partial charge in [0.25, 0.3) is 0 Å². The van der Waals surface area contributed by atoms with Crippen LogP contribution in [0.4, 0.5) is 5.82 Å². The Hall–Kier alpha value is -2.34. The lowest BCUT2D eigenvalue weighted by atomic mass is 10.2.